The van der Waals surface area contributed by atoms with Crippen LogP contribution >= 0.6 is 0 Å². The minimum Gasteiger partial charge on any atom is -0.500 e. The fourth-order valence-corrected chi connectivity index (χ4v) is 1.44. The van der Waals surface area contributed by atoms with Gasteiger partial charge in [0.1, 0.15) is 5.76 Å². The van der Waals surface area contributed by atoms with Crippen LogP contribution in [0.5, 0.6) is 0 Å². The first-order valence-electron chi connectivity index (χ1n) is 4.04. The highest BCUT2D eigenvalue weighted by molar-refractivity contribution is 6.11. The van der Waals surface area contributed by atoms with Crippen molar-refractivity contribution in [1.29, 1.82) is 0 Å². The molecule has 0 aromatic heterocycles. The van der Waals surface area contributed by atoms with Gasteiger partial charge in [-0.05, 0) is 6.08 Å². The fraction of sp³-hybridized carbons (Fsp3) is 0.200. The molecule has 2 rings (SSSR count). The van der Waals surface area contributed by atoms with Crippen molar-refractivity contribution < 1.29 is 9.53 Å². The highest BCUT2D eigenvalue weighted by Gasteiger charge is 2.24. The summed E-state index contributed by atoms with van der Waals surface area (Å²) in [7, 11) is 1.56. The Balaban J connectivity index is 2.40. The monoisotopic (exact) mass is 175 g/mol. The van der Waals surface area contributed by atoms with Gasteiger partial charge in [0.25, 0.3) is 5.91 Å². The number of methoxy groups -OCH3 is 1. The van der Waals surface area contributed by atoms with Gasteiger partial charge in [0.05, 0.1) is 18.7 Å². The van der Waals surface area contributed by atoms with Crippen LogP contribution in [-0.2, 0) is 9.53 Å². The Bertz CT molecular complexity index is 361. The predicted molar refractivity (Wildman–Crippen MR) is 49.3 cm³/mol. The van der Waals surface area contributed by atoms with E-state index in [4.69, 9.17) is 4.74 Å². The molecule has 1 aliphatic carbocycles. The average molecular weight is 175 g/mol. The molecular weight excluding hydrogens is 166 g/mol. The van der Waals surface area contributed by atoms with Crippen molar-refractivity contribution in [3.63, 3.8) is 0 Å². The van der Waals surface area contributed by atoms with Gasteiger partial charge >= 0.3 is 0 Å². The molecule has 0 radical (unpaired) electrons. The minimum atomic E-state index is -0.247. The molecule has 3 nitrogen and oxygen atoms in total. The van der Waals surface area contributed by atoms with E-state index in [1.54, 1.807) is 7.11 Å². The Morgan fingerprint density at radius 3 is 3.08 bits per heavy atom. The molecule has 0 bridgehead atoms. The molecule has 0 spiro atoms. The standard InChI is InChI=1S/C10H9NO2/c1-13-9-6-10(12)11-8-5-3-2-4-7(8)9/h2-7H,1H3. The van der Waals surface area contributed by atoms with Crippen molar-refractivity contribution >= 4 is 11.6 Å². The molecule has 66 valence electrons. The van der Waals surface area contributed by atoms with Crippen molar-refractivity contribution in [2.24, 2.45) is 10.9 Å². The zero-order valence-electron chi connectivity index (χ0n) is 7.23. The van der Waals surface area contributed by atoms with E-state index in [9.17, 15) is 4.79 Å². The summed E-state index contributed by atoms with van der Waals surface area (Å²) in [5.74, 6) is 0.436. The quantitative estimate of drug-likeness (QED) is 0.601. The van der Waals surface area contributed by atoms with Crippen LogP contribution in [0.3, 0.4) is 0 Å². The number of ether oxygens (including phenoxy) is 1. The molecule has 0 fully saturated rings. The molecule has 1 aliphatic heterocycles. The Morgan fingerprint density at radius 1 is 1.46 bits per heavy atom. The highest BCUT2D eigenvalue weighted by atomic mass is 16.5. The lowest BCUT2D eigenvalue weighted by atomic mass is 9.94. The molecule has 0 aromatic rings. The lowest BCUT2D eigenvalue weighted by Gasteiger charge is -2.20. The van der Waals surface area contributed by atoms with Crippen LogP contribution in [0.4, 0.5) is 0 Å². The molecule has 0 aromatic carbocycles. The normalized spacial score (nSPS) is 25.0. The van der Waals surface area contributed by atoms with Crippen LogP contribution < -0.4 is 0 Å². The summed E-state index contributed by atoms with van der Waals surface area (Å²) < 4.78 is 5.11. The zero-order chi connectivity index (χ0) is 9.26. The highest BCUT2D eigenvalue weighted by Crippen LogP contribution is 2.23. The number of amides is 1. The zero-order valence-corrected chi connectivity index (χ0v) is 7.23. The largest absolute Gasteiger partial charge is 0.500 e. The summed E-state index contributed by atoms with van der Waals surface area (Å²) in [4.78, 5) is 15.0. The molecule has 2 aliphatic rings. The molecule has 1 amide bonds. The summed E-state index contributed by atoms with van der Waals surface area (Å²) in [6.07, 6.45) is 9.00. The lowest BCUT2D eigenvalue weighted by molar-refractivity contribution is -0.113. The van der Waals surface area contributed by atoms with Crippen LogP contribution in [0.1, 0.15) is 0 Å². The maximum atomic E-state index is 11.1. The Labute approximate surface area is 76.1 Å². The number of hydrogen-bond acceptors (Lipinski definition) is 2. The van der Waals surface area contributed by atoms with Crippen LogP contribution in [-0.4, -0.2) is 18.7 Å². The van der Waals surface area contributed by atoms with Gasteiger partial charge in [-0.3, -0.25) is 4.79 Å². The van der Waals surface area contributed by atoms with E-state index in [-0.39, 0.29) is 11.8 Å². The first kappa shape index (κ1) is 7.98. The summed E-state index contributed by atoms with van der Waals surface area (Å²) in [5, 5.41) is 0. The van der Waals surface area contributed by atoms with Gasteiger partial charge in [0.2, 0.25) is 0 Å². The van der Waals surface area contributed by atoms with E-state index in [0.29, 0.717) is 5.76 Å². The number of carbonyl (C=O) groups excluding carboxylic acids is 1. The molecule has 1 unspecified atom stereocenters. The fourth-order valence-electron chi connectivity index (χ4n) is 1.44. The Morgan fingerprint density at radius 2 is 2.31 bits per heavy atom. The maximum absolute atomic E-state index is 11.1. The van der Waals surface area contributed by atoms with Crippen molar-refractivity contribution in [2.75, 3.05) is 7.11 Å². The molecule has 13 heavy (non-hydrogen) atoms. The molecule has 0 saturated carbocycles. The van der Waals surface area contributed by atoms with Crippen molar-refractivity contribution in [3.05, 3.63) is 36.1 Å². The molecule has 0 N–H and O–H groups in total. The van der Waals surface area contributed by atoms with E-state index in [1.807, 2.05) is 24.3 Å². The molecule has 1 heterocycles. The molecule has 3 heteroatoms. The Kier molecular flexibility index (Phi) is 1.85. The average Bonchev–Trinajstić information content (AvgIpc) is 2.16. The third-order valence-corrected chi connectivity index (χ3v) is 2.05. The lowest BCUT2D eigenvalue weighted by Crippen LogP contribution is -2.21. The number of dihydropyridines is 1. The summed E-state index contributed by atoms with van der Waals surface area (Å²) in [6, 6.07) is 0. The van der Waals surface area contributed by atoms with E-state index in [0.717, 1.165) is 5.71 Å². The first-order valence-corrected chi connectivity index (χ1v) is 4.04. The molecule has 1 atom stereocenters. The van der Waals surface area contributed by atoms with E-state index in [1.165, 1.54) is 6.08 Å². The van der Waals surface area contributed by atoms with Gasteiger partial charge in [-0.1, -0.05) is 18.2 Å². The second-order valence-electron chi connectivity index (χ2n) is 2.85. The second-order valence-corrected chi connectivity index (χ2v) is 2.85. The van der Waals surface area contributed by atoms with Crippen LogP contribution in [0, 0.1) is 5.92 Å². The number of aliphatic imine (C=N–C) groups is 1. The number of hydrogen-bond donors (Lipinski definition) is 0. The number of carbonyl (C=O) groups is 1. The van der Waals surface area contributed by atoms with Gasteiger partial charge in [-0.15, -0.1) is 0 Å². The summed E-state index contributed by atoms with van der Waals surface area (Å²) in [6.45, 7) is 0. The van der Waals surface area contributed by atoms with E-state index < -0.39 is 0 Å². The summed E-state index contributed by atoms with van der Waals surface area (Å²) >= 11 is 0. The van der Waals surface area contributed by atoms with Crippen LogP contribution in [0.15, 0.2) is 41.1 Å². The van der Waals surface area contributed by atoms with Crippen molar-refractivity contribution in [1.82, 2.24) is 0 Å². The Hall–Kier alpha value is -1.64. The summed E-state index contributed by atoms with van der Waals surface area (Å²) in [5.41, 5.74) is 0.756. The first-order chi connectivity index (χ1) is 6.31. The number of nitrogens with zero attached hydrogens (tertiary/aromatic N) is 1. The van der Waals surface area contributed by atoms with Crippen LogP contribution in [0.25, 0.3) is 0 Å². The second kappa shape index (κ2) is 3.01. The van der Waals surface area contributed by atoms with Crippen molar-refractivity contribution in [3.8, 4) is 0 Å². The van der Waals surface area contributed by atoms with Gasteiger partial charge in [-0.25, -0.2) is 4.99 Å². The van der Waals surface area contributed by atoms with Gasteiger partial charge in [-0.2, -0.15) is 0 Å². The number of fused-ring (bicyclic) bond motifs is 1. The maximum Gasteiger partial charge on any atom is 0.273 e. The van der Waals surface area contributed by atoms with Crippen molar-refractivity contribution in [2.45, 2.75) is 0 Å². The number of allylic oxidation sites excluding steroid dienone is 4. The SMILES string of the molecule is COC1=CC(=O)N=C2C=CC=CC12. The third kappa shape index (κ3) is 1.33. The molecular formula is C10H9NO2. The number of rotatable bonds is 1. The van der Waals surface area contributed by atoms with Crippen LogP contribution in [0.2, 0.25) is 0 Å². The van der Waals surface area contributed by atoms with E-state index in [2.05, 4.69) is 4.99 Å². The van der Waals surface area contributed by atoms with E-state index >= 15 is 0 Å². The smallest absolute Gasteiger partial charge is 0.273 e. The van der Waals surface area contributed by atoms with Gasteiger partial charge < -0.3 is 4.74 Å². The molecule has 0 saturated heterocycles. The third-order valence-electron chi connectivity index (χ3n) is 2.05. The minimum absolute atomic E-state index is 0.0210. The van der Waals surface area contributed by atoms with Gasteiger partial charge in [0.15, 0.2) is 0 Å². The topological polar surface area (TPSA) is 38.7 Å². The van der Waals surface area contributed by atoms with Gasteiger partial charge in [0, 0.05) is 6.08 Å². The predicted octanol–water partition coefficient (Wildman–Crippen LogP) is 1.24.